The van der Waals surface area contributed by atoms with Gasteiger partial charge in [0.15, 0.2) is 0 Å². The Morgan fingerprint density at radius 2 is 1.84 bits per heavy atom. The number of hydrogen-bond acceptors (Lipinski definition) is 4. The van der Waals surface area contributed by atoms with E-state index >= 15 is 0 Å². The highest BCUT2D eigenvalue weighted by Crippen LogP contribution is 2.27. The molecule has 1 N–H and O–H groups in total. The molecule has 0 aliphatic carbocycles. The number of carbonyl (C=O) groups is 1. The van der Waals surface area contributed by atoms with E-state index in [1.54, 1.807) is 24.1 Å². The molecule has 6 nitrogen and oxygen atoms in total. The summed E-state index contributed by atoms with van der Waals surface area (Å²) in [6, 6.07) is 21.6. The predicted molar refractivity (Wildman–Crippen MR) is 121 cm³/mol. The Bertz CT molecular complexity index is 1190. The quantitative estimate of drug-likeness (QED) is 0.470. The molecule has 4 aromatic rings. The smallest absolute Gasteiger partial charge is 0.251 e. The molecule has 0 bridgehead atoms. The number of aromatic nitrogens is 2. The minimum absolute atomic E-state index is 0.138. The number of carbonyl (C=O) groups excluding carboxylic acids is 1. The summed E-state index contributed by atoms with van der Waals surface area (Å²) in [5.41, 5.74) is 3.65. The van der Waals surface area contributed by atoms with Gasteiger partial charge in [0.2, 0.25) is 0 Å². The molecular formula is C25H25N3O3. The zero-order valence-electron chi connectivity index (χ0n) is 17.7. The topological polar surface area (TPSA) is 65.4 Å². The highest BCUT2D eigenvalue weighted by Gasteiger charge is 2.13. The van der Waals surface area contributed by atoms with Crippen molar-refractivity contribution in [1.29, 1.82) is 0 Å². The van der Waals surface area contributed by atoms with Crippen molar-refractivity contribution in [2.24, 2.45) is 7.05 Å². The number of hydrogen-bond donors (Lipinski definition) is 1. The molecule has 0 aliphatic rings. The van der Waals surface area contributed by atoms with Gasteiger partial charge in [0.05, 0.1) is 13.3 Å². The lowest BCUT2D eigenvalue weighted by Gasteiger charge is -2.10. The number of nitrogens with one attached hydrogen (secondary N) is 1. The van der Waals surface area contributed by atoms with Crippen molar-refractivity contribution in [3.05, 3.63) is 89.6 Å². The Morgan fingerprint density at radius 3 is 2.65 bits per heavy atom. The highest BCUT2D eigenvalue weighted by atomic mass is 16.5. The van der Waals surface area contributed by atoms with E-state index in [9.17, 15) is 4.79 Å². The van der Waals surface area contributed by atoms with Crippen LogP contribution in [0.1, 0.15) is 21.5 Å². The zero-order chi connectivity index (χ0) is 21.6. The molecule has 1 amide bonds. The van der Waals surface area contributed by atoms with Gasteiger partial charge in [-0.15, -0.1) is 0 Å². The minimum Gasteiger partial charge on any atom is -0.494 e. The first-order chi connectivity index (χ1) is 15.1. The summed E-state index contributed by atoms with van der Waals surface area (Å²) < 4.78 is 13.1. The SMILES string of the molecule is COc1cc(C(=O)NCCc2cccc(OCc3ccccc3)c2)cc2cnn(C)c12. The molecule has 6 heteroatoms. The second-order valence-corrected chi connectivity index (χ2v) is 7.31. The van der Waals surface area contributed by atoms with Crippen molar-refractivity contribution in [2.45, 2.75) is 13.0 Å². The summed E-state index contributed by atoms with van der Waals surface area (Å²) >= 11 is 0. The van der Waals surface area contributed by atoms with Gasteiger partial charge in [0, 0.05) is 24.5 Å². The molecule has 0 aliphatic heterocycles. The monoisotopic (exact) mass is 415 g/mol. The fourth-order valence-corrected chi connectivity index (χ4v) is 3.52. The van der Waals surface area contributed by atoms with E-state index < -0.39 is 0 Å². The van der Waals surface area contributed by atoms with Crippen molar-refractivity contribution in [1.82, 2.24) is 15.1 Å². The van der Waals surface area contributed by atoms with Crippen LogP contribution in [-0.4, -0.2) is 29.3 Å². The summed E-state index contributed by atoms with van der Waals surface area (Å²) in [7, 11) is 3.44. The van der Waals surface area contributed by atoms with Crippen LogP contribution in [0.4, 0.5) is 0 Å². The van der Waals surface area contributed by atoms with E-state index in [0.717, 1.165) is 27.8 Å². The second-order valence-electron chi connectivity index (χ2n) is 7.31. The maximum atomic E-state index is 12.7. The molecule has 0 saturated heterocycles. The van der Waals surface area contributed by atoms with Crippen LogP contribution < -0.4 is 14.8 Å². The third-order valence-corrected chi connectivity index (χ3v) is 5.13. The van der Waals surface area contributed by atoms with E-state index in [-0.39, 0.29) is 5.91 Å². The predicted octanol–water partition coefficient (Wildman–Crippen LogP) is 4.13. The van der Waals surface area contributed by atoms with Crippen molar-refractivity contribution >= 4 is 16.8 Å². The van der Waals surface area contributed by atoms with Gasteiger partial charge in [0.25, 0.3) is 5.91 Å². The van der Waals surface area contributed by atoms with Gasteiger partial charge < -0.3 is 14.8 Å². The van der Waals surface area contributed by atoms with Crippen molar-refractivity contribution in [2.75, 3.05) is 13.7 Å². The first-order valence-corrected chi connectivity index (χ1v) is 10.2. The number of rotatable bonds is 8. The molecule has 0 unspecified atom stereocenters. The standard InChI is InChI=1S/C25H25N3O3/c1-28-24-21(16-27-28)14-20(15-23(24)30-2)25(29)26-12-11-18-9-6-10-22(13-18)31-17-19-7-4-3-5-8-19/h3-10,13-16H,11-12,17H2,1-2H3,(H,26,29). The lowest BCUT2D eigenvalue weighted by Crippen LogP contribution is -2.25. The Morgan fingerprint density at radius 1 is 1.03 bits per heavy atom. The molecule has 0 radical (unpaired) electrons. The fourth-order valence-electron chi connectivity index (χ4n) is 3.52. The van der Waals surface area contributed by atoms with Crippen LogP contribution in [0.5, 0.6) is 11.5 Å². The maximum absolute atomic E-state index is 12.7. The normalized spacial score (nSPS) is 10.8. The van der Waals surface area contributed by atoms with Crippen molar-refractivity contribution in [3.63, 3.8) is 0 Å². The summed E-state index contributed by atoms with van der Waals surface area (Å²) in [6.07, 6.45) is 2.44. The van der Waals surface area contributed by atoms with Gasteiger partial charge in [-0.25, -0.2) is 0 Å². The second kappa shape index (κ2) is 9.34. The molecule has 0 atom stereocenters. The third kappa shape index (κ3) is 4.86. The largest absolute Gasteiger partial charge is 0.494 e. The van der Waals surface area contributed by atoms with Crippen molar-refractivity contribution < 1.29 is 14.3 Å². The van der Waals surface area contributed by atoms with Gasteiger partial charge in [-0.2, -0.15) is 5.10 Å². The first-order valence-electron chi connectivity index (χ1n) is 10.2. The van der Waals surface area contributed by atoms with E-state index in [0.29, 0.717) is 30.9 Å². The number of methoxy groups -OCH3 is 1. The zero-order valence-corrected chi connectivity index (χ0v) is 17.7. The molecule has 0 spiro atoms. The minimum atomic E-state index is -0.138. The Labute approximate surface area is 181 Å². The number of ether oxygens (including phenoxy) is 2. The van der Waals surface area contributed by atoms with Gasteiger partial charge in [0.1, 0.15) is 23.6 Å². The van der Waals surface area contributed by atoms with Gasteiger partial charge in [-0.1, -0.05) is 42.5 Å². The Hall–Kier alpha value is -3.80. The lowest BCUT2D eigenvalue weighted by atomic mass is 10.1. The molecule has 31 heavy (non-hydrogen) atoms. The van der Waals surface area contributed by atoms with Gasteiger partial charge in [-0.05, 0) is 41.8 Å². The molecular weight excluding hydrogens is 390 g/mol. The van der Waals surface area contributed by atoms with Crippen LogP contribution in [0.2, 0.25) is 0 Å². The van der Waals surface area contributed by atoms with Crippen LogP contribution in [0.3, 0.4) is 0 Å². The summed E-state index contributed by atoms with van der Waals surface area (Å²) in [4.78, 5) is 12.7. The van der Waals surface area contributed by atoms with Crippen LogP contribution >= 0.6 is 0 Å². The Balaban J connectivity index is 1.35. The molecule has 1 aromatic heterocycles. The molecule has 0 saturated carbocycles. The first kappa shape index (κ1) is 20.5. The molecule has 4 rings (SSSR count). The van der Waals surface area contributed by atoms with Gasteiger partial charge in [-0.3, -0.25) is 9.48 Å². The molecule has 158 valence electrons. The number of amides is 1. The number of fused-ring (bicyclic) bond motifs is 1. The average Bonchev–Trinajstić information content (AvgIpc) is 3.19. The Kier molecular flexibility index (Phi) is 6.17. The number of nitrogens with zero attached hydrogens (tertiary/aromatic N) is 2. The van der Waals surface area contributed by atoms with Crippen LogP contribution in [0.15, 0.2) is 72.9 Å². The van der Waals surface area contributed by atoms with Crippen molar-refractivity contribution in [3.8, 4) is 11.5 Å². The molecule has 0 fully saturated rings. The third-order valence-electron chi connectivity index (χ3n) is 5.13. The maximum Gasteiger partial charge on any atom is 0.251 e. The highest BCUT2D eigenvalue weighted by molar-refractivity contribution is 5.99. The van der Waals surface area contributed by atoms with E-state index in [4.69, 9.17) is 9.47 Å². The van der Waals surface area contributed by atoms with E-state index in [2.05, 4.69) is 10.4 Å². The molecule has 3 aromatic carbocycles. The van der Waals surface area contributed by atoms with Crippen LogP contribution in [0.25, 0.3) is 10.9 Å². The summed E-state index contributed by atoms with van der Waals surface area (Å²) in [6.45, 7) is 1.05. The molecule has 1 heterocycles. The summed E-state index contributed by atoms with van der Waals surface area (Å²) in [5, 5.41) is 8.10. The van der Waals surface area contributed by atoms with E-state index in [1.165, 1.54) is 0 Å². The van der Waals surface area contributed by atoms with Crippen LogP contribution in [-0.2, 0) is 20.1 Å². The van der Waals surface area contributed by atoms with Gasteiger partial charge >= 0.3 is 0 Å². The van der Waals surface area contributed by atoms with Crippen LogP contribution in [0, 0.1) is 0 Å². The fraction of sp³-hybridized carbons (Fsp3) is 0.200. The number of aryl methyl sites for hydroxylation is 1. The number of benzene rings is 3. The summed E-state index contributed by atoms with van der Waals surface area (Å²) in [5.74, 6) is 1.31. The lowest BCUT2D eigenvalue weighted by molar-refractivity contribution is 0.0954. The van der Waals surface area contributed by atoms with E-state index in [1.807, 2.05) is 67.7 Å². The average molecular weight is 415 g/mol.